The summed E-state index contributed by atoms with van der Waals surface area (Å²) >= 11 is 0. The molecule has 0 saturated carbocycles. The number of piperazine rings is 1. The standard InChI is InChI=1S/C21H24FN3O2/c1-16-3-2-4-18(15-16)21(27)25-13-11-24(12-14-25)10-9-23-20(26)17-5-7-19(22)8-6-17/h2-8,15H,9-14H2,1H3,(H,23,26). The van der Waals surface area contributed by atoms with E-state index in [-0.39, 0.29) is 17.6 Å². The Hall–Kier alpha value is -2.73. The number of aryl methyl sites for hydroxylation is 1. The molecule has 1 heterocycles. The highest BCUT2D eigenvalue weighted by molar-refractivity contribution is 5.94. The number of halogens is 1. The van der Waals surface area contributed by atoms with Gasteiger partial charge in [-0.3, -0.25) is 14.5 Å². The quantitative estimate of drug-likeness (QED) is 0.880. The Bertz CT molecular complexity index is 799. The molecule has 27 heavy (non-hydrogen) atoms. The summed E-state index contributed by atoms with van der Waals surface area (Å²) in [5, 5.41) is 2.85. The second-order valence-corrected chi connectivity index (χ2v) is 6.77. The van der Waals surface area contributed by atoms with Crippen molar-refractivity contribution in [2.75, 3.05) is 39.3 Å². The van der Waals surface area contributed by atoms with E-state index in [4.69, 9.17) is 0 Å². The molecule has 2 aromatic rings. The minimum atomic E-state index is -0.357. The lowest BCUT2D eigenvalue weighted by Gasteiger charge is -2.34. The predicted octanol–water partition coefficient (Wildman–Crippen LogP) is 2.32. The topological polar surface area (TPSA) is 52.7 Å². The van der Waals surface area contributed by atoms with E-state index in [1.54, 1.807) is 0 Å². The van der Waals surface area contributed by atoms with Gasteiger partial charge in [0.15, 0.2) is 0 Å². The summed E-state index contributed by atoms with van der Waals surface area (Å²) < 4.78 is 12.9. The molecule has 1 aliphatic heterocycles. The summed E-state index contributed by atoms with van der Waals surface area (Å²) in [6.45, 7) is 6.14. The molecule has 2 aromatic carbocycles. The van der Waals surface area contributed by atoms with Crippen molar-refractivity contribution >= 4 is 11.8 Å². The van der Waals surface area contributed by atoms with Crippen LogP contribution in [0.1, 0.15) is 26.3 Å². The predicted molar refractivity (Wildman–Crippen MR) is 102 cm³/mol. The summed E-state index contributed by atoms with van der Waals surface area (Å²) in [6.07, 6.45) is 0. The first-order valence-electron chi connectivity index (χ1n) is 9.15. The zero-order valence-electron chi connectivity index (χ0n) is 15.5. The summed E-state index contributed by atoms with van der Waals surface area (Å²) in [5.74, 6) is -0.490. The van der Waals surface area contributed by atoms with Crippen LogP contribution in [0.5, 0.6) is 0 Å². The maximum atomic E-state index is 12.9. The summed E-state index contributed by atoms with van der Waals surface area (Å²) in [4.78, 5) is 28.7. The van der Waals surface area contributed by atoms with Gasteiger partial charge in [-0.2, -0.15) is 0 Å². The molecule has 3 rings (SSSR count). The molecule has 5 nitrogen and oxygen atoms in total. The van der Waals surface area contributed by atoms with Gasteiger partial charge in [0.25, 0.3) is 11.8 Å². The number of nitrogens with zero attached hydrogens (tertiary/aromatic N) is 2. The van der Waals surface area contributed by atoms with Gasteiger partial charge in [-0.05, 0) is 43.3 Å². The van der Waals surface area contributed by atoms with Crippen LogP contribution in [-0.2, 0) is 0 Å². The summed E-state index contributed by atoms with van der Waals surface area (Å²) in [6, 6.07) is 13.2. The van der Waals surface area contributed by atoms with Gasteiger partial charge in [-0.15, -0.1) is 0 Å². The number of benzene rings is 2. The van der Waals surface area contributed by atoms with E-state index >= 15 is 0 Å². The molecule has 0 radical (unpaired) electrons. The smallest absolute Gasteiger partial charge is 0.253 e. The second kappa shape index (κ2) is 8.77. The van der Waals surface area contributed by atoms with E-state index < -0.39 is 0 Å². The molecule has 0 atom stereocenters. The second-order valence-electron chi connectivity index (χ2n) is 6.77. The van der Waals surface area contributed by atoms with Gasteiger partial charge in [-0.25, -0.2) is 4.39 Å². The number of rotatable bonds is 5. The highest BCUT2D eigenvalue weighted by atomic mass is 19.1. The van der Waals surface area contributed by atoms with Crippen molar-refractivity contribution < 1.29 is 14.0 Å². The Morgan fingerprint density at radius 1 is 1.00 bits per heavy atom. The van der Waals surface area contributed by atoms with E-state index in [2.05, 4.69) is 10.2 Å². The Kier molecular flexibility index (Phi) is 6.19. The van der Waals surface area contributed by atoms with Crippen LogP contribution in [0.2, 0.25) is 0 Å². The van der Waals surface area contributed by atoms with Gasteiger partial charge in [0.05, 0.1) is 0 Å². The molecule has 0 aromatic heterocycles. The number of carbonyl (C=O) groups is 2. The normalized spacial score (nSPS) is 14.8. The van der Waals surface area contributed by atoms with Crippen LogP contribution < -0.4 is 5.32 Å². The number of amides is 2. The third-order valence-electron chi connectivity index (χ3n) is 4.74. The summed E-state index contributed by atoms with van der Waals surface area (Å²) in [7, 11) is 0. The fourth-order valence-electron chi connectivity index (χ4n) is 3.17. The van der Waals surface area contributed by atoms with Gasteiger partial charge >= 0.3 is 0 Å². The molecule has 0 aliphatic carbocycles. The Balaban J connectivity index is 1.41. The van der Waals surface area contributed by atoms with Crippen molar-refractivity contribution in [3.8, 4) is 0 Å². The lowest BCUT2D eigenvalue weighted by Crippen LogP contribution is -2.50. The van der Waals surface area contributed by atoms with Crippen LogP contribution >= 0.6 is 0 Å². The van der Waals surface area contributed by atoms with Crippen molar-refractivity contribution in [3.05, 3.63) is 71.0 Å². The van der Waals surface area contributed by atoms with Crippen LogP contribution in [0, 0.1) is 12.7 Å². The average molecular weight is 369 g/mol. The van der Waals surface area contributed by atoms with Crippen molar-refractivity contribution in [2.24, 2.45) is 0 Å². The molecule has 1 saturated heterocycles. The van der Waals surface area contributed by atoms with Crippen LogP contribution in [0.15, 0.2) is 48.5 Å². The molecule has 1 fully saturated rings. The fourth-order valence-corrected chi connectivity index (χ4v) is 3.17. The van der Waals surface area contributed by atoms with Crippen LogP contribution in [0.4, 0.5) is 4.39 Å². The molecule has 142 valence electrons. The third kappa shape index (κ3) is 5.14. The number of hydrogen-bond acceptors (Lipinski definition) is 3. The molecule has 1 aliphatic rings. The Morgan fingerprint density at radius 3 is 2.37 bits per heavy atom. The molecule has 0 bridgehead atoms. The Morgan fingerprint density at radius 2 is 1.70 bits per heavy atom. The van der Waals surface area contributed by atoms with Crippen LogP contribution in [0.25, 0.3) is 0 Å². The Labute approximate surface area is 158 Å². The molecule has 6 heteroatoms. The minimum Gasteiger partial charge on any atom is -0.351 e. The van der Waals surface area contributed by atoms with Gasteiger partial charge in [0.2, 0.25) is 0 Å². The SMILES string of the molecule is Cc1cccc(C(=O)N2CCN(CCNC(=O)c3ccc(F)cc3)CC2)c1. The third-order valence-corrected chi connectivity index (χ3v) is 4.74. The van der Waals surface area contributed by atoms with E-state index in [0.717, 1.165) is 30.8 Å². The van der Waals surface area contributed by atoms with Crippen LogP contribution in [0.3, 0.4) is 0 Å². The lowest BCUT2D eigenvalue weighted by molar-refractivity contribution is 0.0638. The maximum absolute atomic E-state index is 12.9. The monoisotopic (exact) mass is 369 g/mol. The zero-order chi connectivity index (χ0) is 19.2. The lowest BCUT2D eigenvalue weighted by atomic mass is 10.1. The first kappa shape index (κ1) is 19.0. The van der Waals surface area contributed by atoms with Gasteiger partial charge in [0.1, 0.15) is 5.82 Å². The molecular formula is C21H24FN3O2. The highest BCUT2D eigenvalue weighted by Crippen LogP contribution is 2.10. The average Bonchev–Trinajstić information content (AvgIpc) is 2.68. The van der Waals surface area contributed by atoms with E-state index in [1.165, 1.54) is 24.3 Å². The molecular weight excluding hydrogens is 345 g/mol. The van der Waals surface area contributed by atoms with Crippen LogP contribution in [-0.4, -0.2) is 60.9 Å². The maximum Gasteiger partial charge on any atom is 0.253 e. The first-order valence-corrected chi connectivity index (χ1v) is 9.15. The van der Waals surface area contributed by atoms with Gasteiger partial charge < -0.3 is 10.2 Å². The van der Waals surface area contributed by atoms with Crippen molar-refractivity contribution in [1.82, 2.24) is 15.1 Å². The van der Waals surface area contributed by atoms with Crippen molar-refractivity contribution in [1.29, 1.82) is 0 Å². The number of nitrogens with one attached hydrogen (secondary N) is 1. The van der Waals surface area contributed by atoms with E-state index in [1.807, 2.05) is 36.1 Å². The minimum absolute atomic E-state index is 0.0722. The van der Waals surface area contributed by atoms with Crippen molar-refractivity contribution in [3.63, 3.8) is 0 Å². The summed E-state index contributed by atoms with van der Waals surface area (Å²) in [5.41, 5.74) is 2.26. The van der Waals surface area contributed by atoms with E-state index in [9.17, 15) is 14.0 Å². The molecule has 0 spiro atoms. The fraction of sp³-hybridized carbons (Fsp3) is 0.333. The number of hydrogen-bond donors (Lipinski definition) is 1. The first-order chi connectivity index (χ1) is 13.0. The van der Waals surface area contributed by atoms with E-state index in [0.29, 0.717) is 25.2 Å². The van der Waals surface area contributed by atoms with Gasteiger partial charge in [-0.1, -0.05) is 17.7 Å². The van der Waals surface area contributed by atoms with Gasteiger partial charge in [0, 0.05) is 50.4 Å². The highest BCUT2D eigenvalue weighted by Gasteiger charge is 2.22. The molecule has 1 N–H and O–H groups in total. The molecule has 2 amide bonds. The number of carbonyl (C=O) groups excluding carboxylic acids is 2. The zero-order valence-corrected chi connectivity index (χ0v) is 15.5. The molecule has 0 unspecified atom stereocenters. The van der Waals surface area contributed by atoms with Crippen molar-refractivity contribution in [2.45, 2.75) is 6.92 Å². The largest absolute Gasteiger partial charge is 0.351 e.